The van der Waals surface area contributed by atoms with Crippen molar-refractivity contribution in [2.75, 3.05) is 0 Å². The van der Waals surface area contributed by atoms with Gasteiger partial charge in [-0.15, -0.1) is 0 Å². The van der Waals surface area contributed by atoms with Crippen LogP contribution < -0.4 is 11.0 Å². The molecule has 0 saturated heterocycles. The zero-order valence-electron chi connectivity index (χ0n) is 12.2. The molecule has 0 aliphatic carbocycles. The lowest BCUT2D eigenvalue weighted by Gasteiger charge is -2.16. The van der Waals surface area contributed by atoms with E-state index in [-0.39, 0.29) is 6.54 Å². The highest BCUT2D eigenvalue weighted by atomic mass is 19.4. The summed E-state index contributed by atoms with van der Waals surface area (Å²) in [6, 6.07) is 5.58. The van der Waals surface area contributed by atoms with Crippen molar-refractivity contribution in [3.8, 4) is 0 Å². The normalized spacial score (nSPS) is 12.7. The second kappa shape index (κ2) is 6.64. The number of nitrogens with one attached hydrogen (secondary N) is 1. The van der Waals surface area contributed by atoms with Crippen LogP contribution in [0, 0.1) is 0 Å². The molecule has 0 radical (unpaired) electrons. The fourth-order valence-electron chi connectivity index (χ4n) is 1.99. The summed E-state index contributed by atoms with van der Waals surface area (Å²) in [6.07, 6.45) is -1.65. The Bertz CT molecular complexity index is 739. The summed E-state index contributed by atoms with van der Waals surface area (Å²) in [5, 5.41) is 2.62. The van der Waals surface area contributed by atoms with Crippen molar-refractivity contribution in [2.24, 2.45) is 0 Å². The largest absolute Gasteiger partial charge is 0.416 e. The maximum atomic E-state index is 12.5. The number of carbonyl (C=O) groups is 1. The fraction of sp³-hybridized carbons (Fsp3) is 0.267. The van der Waals surface area contributed by atoms with Crippen LogP contribution in [-0.4, -0.2) is 15.5 Å². The summed E-state index contributed by atoms with van der Waals surface area (Å²) in [5.74, 6) is -0.438. The van der Waals surface area contributed by atoms with E-state index in [1.54, 1.807) is 6.92 Å². The molecule has 1 aromatic heterocycles. The van der Waals surface area contributed by atoms with Gasteiger partial charge in [0.1, 0.15) is 6.54 Å². The number of amides is 1. The van der Waals surface area contributed by atoms with Crippen LogP contribution in [0.1, 0.15) is 24.1 Å². The average molecular weight is 325 g/mol. The van der Waals surface area contributed by atoms with E-state index < -0.39 is 29.4 Å². The molecule has 2 aromatic rings. The van der Waals surface area contributed by atoms with E-state index in [4.69, 9.17) is 0 Å². The maximum Gasteiger partial charge on any atom is 0.416 e. The third-order valence-electron chi connectivity index (χ3n) is 3.21. The smallest absolute Gasteiger partial charge is 0.348 e. The SMILES string of the molecule is CC(NC(=O)Cn1cccnc1=O)c1ccc(C(F)(F)F)cc1. The van der Waals surface area contributed by atoms with Gasteiger partial charge in [0.2, 0.25) is 5.91 Å². The number of aromatic nitrogens is 2. The molecular weight excluding hydrogens is 311 g/mol. The Kier molecular flexibility index (Phi) is 4.83. The van der Waals surface area contributed by atoms with Gasteiger partial charge in [-0.1, -0.05) is 12.1 Å². The van der Waals surface area contributed by atoms with Gasteiger partial charge in [-0.25, -0.2) is 9.78 Å². The second-order valence-corrected chi connectivity index (χ2v) is 4.94. The Morgan fingerprint density at radius 3 is 2.52 bits per heavy atom. The molecule has 0 bridgehead atoms. The van der Waals surface area contributed by atoms with Crippen LogP contribution >= 0.6 is 0 Å². The van der Waals surface area contributed by atoms with Crippen LogP contribution in [0.5, 0.6) is 0 Å². The molecule has 0 aliphatic heterocycles. The molecule has 1 amide bonds. The minimum atomic E-state index is -4.40. The Hall–Kier alpha value is -2.64. The maximum absolute atomic E-state index is 12.5. The Balaban J connectivity index is 2.01. The van der Waals surface area contributed by atoms with Gasteiger partial charge in [-0.05, 0) is 30.7 Å². The molecule has 1 N–H and O–H groups in total. The van der Waals surface area contributed by atoms with Crippen LogP contribution in [-0.2, 0) is 17.5 Å². The van der Waals surface area contributed by atoms with E-state index in [9.17, 15) is 22.8 Å². The molecule has 8 heteroatoms. The minimum Gasteiger partial charge on any atom is -0.348 e. The molecule has 1 unspecified atom stereocenters. The van der Waals surface area contributed by atoms with Crippen molar-refractivity contribution < 1.29 is 18.0 Å². The van der Waals surface area contributed by atoms with Gasteiger partial charge in [0.25, 0.3) is 0 Å². The minimum absolute atomic E-state index is 0.211. The van der Waals surface area contributed by atoms with Gasteiger partial charge in [0, 0.05) is 12.4 Å². The first-order chi connectivity index (χ1) is 10.8. The third-order valence-corrected chi connectivity index (χ3v) is 3.21. The predicted octanol–water partition coefficient (Wildman–Crippen LogP) is 2.14. The van der Waals surface area contributed by atoms with Crippen LogP contribution in [0.2, 0.25) is 0 Å². The molecule has 0 aliphatic rings. The van der Waals surface area contributed by atoms with Gasteiger partial charge in [0.05, 0.1) is 11.6 Å². The number of alkyl halides is 3. The molecular formula is C15H14F3N3O2. The lowest BCUT2D eigenvalue weighted by Crippen LogP contribution is -2.34. The van der Waals surface area contributed by atoms with Crippen LogP contribution in [0.15, 0.2) is 47.5 Å². The molecule has 0 spiro atoms. The van der Waals surface area contributed by atoms with Gasteiger partial charge < -0.3 is 5.32 Å². The molecule has 23 heavy (non-hydrogen) atoms. The highest BCUT2D eigenvalue weighted by Gasteiger charge is 2.30. The number of carbonyl (C=O) groups excluding carboxylic acids is 1. The van der Waals surface area contributed by atoms with Crippen LogP contribution in [0.25, 0.3) is 0 Å². The molecule has 1 aromatic carbocycles. The Morgan fingerprint density at radius 1 is 1.30 bits per heavy atom. The molecule has 2 rings (SSSR count). The van der Waals surface area contributed by atoms with Crippen molar-refractivity contribution in [1.29, 1.82) is 0 Å². The van der Waals surface area contributed by atoms with Crippen LogP contribution in [0.4, 0.5) is 13.2 Å². The molecule has 122 valence electrons. The van der Waals surface area contributed by atoms with Gasteiger partial charge in [-0.3, -0.25) is 9.36 Å². The monoisotopic (exact) mass is 325 g/mol. The number of halogens is 3. The number of hydrogen-bond donors (Lipinski definition) is 1. The summed E-state index contributed by atoms with van der Waals surface area (Å²) in [4.78, 5) is 26.8. The summed E-state index contributed by atoms with van der Waals surface area (Å²) in [6.45, 7) is 1.43. The number of rotatable bonds is 4. The van der Waals surface area contributed by atoms with Crippen molar-refractivity contribution in [2.45, 2.75) is 25.7 Å². The highest BCUT2D eigenvalue weighted by molar-refractivity contribution is 5.76. The third kappa shape index (κ3) is 4.41. The average Bonchev–Trinajstić information content (AvgIpc) is 2.49. The van der Waals surface area contributed by atoms with Crippen molar-refractivity contribution >= 4 is 5.91 Å². The molecule has 1 atom stereocenters. The highest BCUT2D eigenvalue weighted by Crippen LogP contribution is 2.29. The quantitative estimate of drug-likeness (QED) is 0.937. The van der Waals surface area contributed by atoms with E-state index >= 15 is 0 Å². The number of hydrogen-bond acceptors (Lipinski definition) is 3. The van der Waals surface area contributed by atoms with E-state index in [0.29, 0.717) is 5.56 Å². The lowest BCUT2D eigenvalue weighted by atomic mass is 10.1. The van der Waals surface area contributed by atoms with Gasteiger partial charge in [-0.2, -0.15) is 13.2 Å². The summed E-state index contributed by atoms with van der Waals surface area (Å²) < 4.78 is 38.6. The summed E-state index contributed by atoms with van der Waals surface area (Å²) >= 11 is 0. The second-order valence-electron chi connectivity index (χ2n) is 4.94. The number of benzene rings is 1. The van der Waals surface area contributed by atoms with E-state index in [0.717, 1.165) is 16.7 Å². The summed E-state index contributed by atoms with van der Waals surface area (Å²) in [5.41, 5.74) is -0.767. The topological polar surface area (TPSA) is 64.0 Å². The molecule has 0 fully saturated rings. The fourth-order valence-corrected chi connectivity index (χ4v) is 1.99. The van der Waals surface area contributed by atoms with E-state index in [2.05, 4.69) is 10.3 Å². The van der Waals surface area contributed by atoms with Crippen LogP contribution in [0.3, 0.4) is 0 Å². The van der Waals surface area contributed by atoms with Gasteiger partial charge >= 0.3 is 11.9 Å². The van der Waals surface area contributed by atoms with Crippen molar-refractivity contribution in [1.82, 2.24) is 14.9 Å². The Morgan fingerprint density at radius 2 is 1.96 bits per heavy atom. The van der Waals surface area contributed by atoms with Crippen molar-refractivity contribution in [3.63, 3.8) is 0 Å². The predicted molar refractivity (Wildman–Crippen MR) is 76.5 cm³/mol. The molecule has 5 nitrogen and oxygen atoms in total. The van der Waals surface area contributed by atoms with E-state index in [1.165, 1.54) is 30.6 Å². The first-order valence-corrected chi connectivity index (χ1v) is 6.75. The van der Waals surface area contributed by atoms with Crippen molar-refractivity contribution in [3.05, 3.63) is 64.3 Å². The lowest BCUT2D eigenvalue weighted by molar-refractivity contribution is -0.137. The Labute approximate surface area is 129 Å². The standard InChI is InChI=1S/C15H14F3N3O2/c1-10(11-3-5-12(6-4-11)15(16,17)18)20-13(22)9-21-8-2-7-19-14(21)23/h2-8,10H,9H2,1H3,(H,20,22). The van der Waals surface area contributed by atoms with Gasteiger partial charge in [0.15, 0.2) is 0 Å². The first kappa shape index (κ1) is 16.7. The summed E-state index contributed by atoms with van der Waals surface area (Å²) in [7, 11) is 0. The number of nitrogens with zero attached hydrogens (tertiary/aromatic N) is 2. The zero-order chi connectivity index (χ0) is 17.0. The van der Waals surface area contributed by atoms with E-state index in [1.807, 2.05) is 0 Å². The zero-order valence-corrected chi connectivity index (χ0v) is 12.2. The molecule has 0 saturated carbocycles. The molecule has 1 heterocycles. The first-order valence-electron chi connectivity index (χ1n) is 6.75.